The molecule has 1 aliphatic rings. The molecular formula is C14H21NO2. The van der Waals surface area contributed by atoms with Gasteiger partial charge in [0.1, 0.15) is 5.75 Å². The first-order chi connectivity index (χ1) is 8.23. The summed E-state index contributed by atoms with van der Waals surface area (Å²) in [6.45, 7) is 4.32. The lowest BCUT2D eigenvalue weighted by Gasteiger charge is -2.33. The molecule has 17 heavy (non-hydrogen) atoms. The van der Waals surface area contributed by atoms with Crippen LogP contribution >= 0.6 is 0 Å². The Morgan fingerprint density at radius 3 is 2.94 bits per heavy atom. The van der Waals surface area contributed by atoms with Crippen molar-refractivity contribution in [3.63, 3.8) is 0 Å². The zero-order valence-corrected chi connectivity index (χ0v) is 10.4. The number of benzene rings is 1. The third kappa shape index (κ3) is 3.20. The van der Waals surface area contributed by atoms with Gasteiger partial charge in [-0.2, -0.15) is 0 Å². The van der Waals surface area contributed by atoms with Gasteiger partial charge >= 0.3 is 0 Å². The minimum atomic E-state index is -0.620. The van der Waals surface area contributed by atoms with E-state index in [4.69, 9.17) is 4.74 Å². The summed E-state index contributed by atoms with van der Waals surface area (Å²) in [6, 6.07) is 7.98. The average Bonchev–Trinajstić information content (AvgIpc) is 2.32. The molecule has 1 fully saturated rings. The molecule has 1 atom stereocenters. The largest absolute Gasteiger partial charge is 0.494 e. The third-order valence-corrected chi connectivity index (χ3v) is 3.24. The molecular weight excluding hydrogens is 214 g/mol. The Balaban J connectivity index is 2.11. The molecule has 1 aromatic carbocycles. The zero-order valence-electron chi connectivity index (χ0n) is 10.4. The van der Waals surface area contributed by atoms with Gasteiger partial charge in [-0.3, -0.25) is 0 Å². The summed E-state index contributed by atoms with van der Waals surface area (Å²) < 4.78 is 5.59. The van der Waals surface area contributed by atoms with Crippen LogP contribution in [-0.4, -0.2) is 30.4 Å². The van der Waals surface area contributed by atoms with Gasteiger partial charge in [0.05, 0.1) is 12.2 Å². The molecule has 1 heterocycles. The fourth-order valence-electron chi connectivity index (χ4n) is 2.40. The molecule has 1 unspecified atom stereocenters. The van der Waals surface area contributed by atoms with Crippen LogP contribution in [0.1, 0.15) is 25.3 Å². The van der Waals surface area contributed by atoms with Crippen molar-refractivity contribution in [2.24, 2.45) is 0 Å². The molecule has 0 aliphatic carbocycles. The van der Waals surface area contributed by atoms with E-state index in [0.717, 1.165) is 30.7 Å². The summed E-state index contributed by atoms with van der Waals surface area (Å²) in [5, 5.41) is 13.8. The van der Waals surface area contributed by atoms with Gasteiger partial charge in [-0.15, -0.1) is 0 Å². The molecule has 1 saturated heterocycles. The van der Waals surface area contributed by atoms with Crippen LogP contribution in [0.25, 0.3) is 0 Å². The Kier molecular flexibility index (Phi) is 4.02. The predicted octanol–water partition coefficient (Wildman–Crippen LogP) is 1.74. The molecule has 1 aromatic rings. The van der Waals surface area contributed by atoms with E-state index in [1.807, 2.05) is 31.2 Å². The molecule has 0 radical (unpaired) electrons. The number of para-hydroxylation sites is 1. The predicted molar refractivity (Wildman–Crippen MR) is 68.4 cm³/mol. The number of β-amino-alcohol motifs (C(OH)–C–C–N with tert-alkyl or cyclic N) is 1. The van der Waals surface area contributed by atoms with Gasteiger partial charge < -0.3 is 15.2 Å². The van der Waals surface area contributed by atoms with E-state index >= 15 is 0 Å². The highest BCUT2D eigenvalue weighted by Crippen LogP contribution is 2.26. The quantitative estimate of drug-likeness (QED) is 0.835. The van der Waals surface area contributed by atoms with Crippen LogP contribution in [0.5, 0.6) is 5.75 Å². The minimum Gasteiger partial charge on any atom is -0.494 e. The second kappa shape index (κ2) is 5.52. The van der Waals surface area contributed by atoms with Crippen molar-refractivity contribution in [1.82, 2.24) is 5.32 Å². The molecule has 1 aliphatic heterocycles. The van der Waals surface area contributed by atoms with Crippen LogP contribution in [-0.2, 0) is 6.42 Å². The standard InChI is InChI=1S/C14H21NO2/c1-2-17-13-7-4-3-6-12(13)10-14(16)8-5-9-15-11-14/h3-4,6-7,15-16H,2,5,8-11H2,1H3. The SMILES string of the molecule is CCOc1ccccc1CC1(O)CCCNC1. The highest BCUT2D eigenvalue weighted by atomic mass is 16.5. The van der Waals surface area contributed by atoms with Crippen LogP contribution in [0.2, 0.25) is 0 Å². The van der Waals surface area contributed by atoms with Crippen LogP contribution in [0.4, 0.5) is 0 Å². The van der Waals surface area contributed by atoms with E-state index in [1.54, 1.807) is 0 Å². The summed E-state index contributed by atoms with van der Waals surface area (Å²) in [6.07, 6.45) is 2.56. The first kappa shape index (κ1) is 12.4. The lowest BCUT2D eigenvalue weighted by atomic mass is 9.87. The molecule has 0 saturated carbocycles. The molecule has 0 bridgehead atoms. The second-order valence-electron chi connectivity index (χ2n) is 4.72. The molecule has 94 valence electrons. The van der Waals surface area contributed by atoms with Crippen molar-refractivity contribution in [3.8, 4) is 5.75 Å². The van der Waals surface area contributed by atoms with E-state index in [1.165, 1.54) is 0 Å². The van der Waals surface area contributed by atoms with Crippen molar-refractivity contribution in [2.75, 3.05) is 19.7 Å². The Morgan fingerprint density at radius 2 is 2.24 bits per heavy atom. The first-order valence-electron chi connectivity index (χ1n) is 6.37. The summed E-state index contributed by atoms with van der Waals surface area (Å²) in [4.78, 5) is 0. The third-order valence-electron chi connectivity index (χ3n) is 3.24. The minimum absolute atomic E-state index is 0.620. The number of aliphatic hydroxyl groups is 1. The van der Waals surface area contributed by atoms with Gasteiger partial charge in [0.2, 0.25) is 0 Å². The highest BCUT2D eigenvalue weighted by Gasteiger charge is 2.30. The van der Waals surface area contributed by atoms with Crippen molar-refractivity contribution >= 4 is 0 Å². The average molecular weight is 235 g/mol. The Hall–Kier alpha value is -1.06. The molecule has 2 rings (SSSR count). The normalized spacial score (nSPS) is 24.6. The maximum Gasteiger partial charge on any atom is 0.122 e. The summed E-state index contributed by atoms with van der Waals surface area (Å²) in [7, 11) is 0. The van der Waals surface area contributed by atoms with Crippen LogP contribution < -0.4 is 10.1 Å². The molecule has 0 aromatic heterocycles. The summed E-state index contributed by atoms with van der Waals surface area (Å²) in [5.41, 5.74) is 0.478. The van der Waals surface area contributed by atoms with Gasteiger partial charge in [0, 0.05) is 13.0 Å². The van der Waals surface area contributed by atoms with E-state index < -0.39 is 5.60 Å². The van der Waals surface area contributed by atoms with Crippen LogP contribution in [0, 0.1) is 0 Å². The highest BCUT2D eigenvalue weighted by molar-refractivity contribution is 5.34. The fraction of sp³-hybridized carbons (Fsp3) is 0.571. The van der Waals surface area contributed by atoms with Gasteiger partial charge in [0.15, 0.2) is 0 Å². The summed E-state index contributed by atoms with van der Waals surface area (Å²) in [5.74, 6) is 0.897. The maximum absolute atomic E-state index is 10.5. The topological polar surface area (TPSA) is 41.5 Å². The zero-order chi connectivity index (χ0) is 12.1. The second-order valence-corrected chi connectivity index (χ2v) is 4.72. The van der Waals surface area contributed by atoms with Crippen molar-refractivity contribution in [2.45, 2.75) is 31.8 Å². The lowest BCUT2D eigenvalue weighted by molar-refractivity contribution is 0.0164. The van der Waals surface area contributed by atoms with E-state index in [2.05, 4.69) is 5.32 Å². The molecule has 0 spiro atoms. The Bertz CT molecular complexity index is 359. The maximum atomic E-state index is 10.5. The number of hydrogen-bond donors (Lipinski definition) is 2. The Labute approximate surface area is 103 Å². The van der Waals surface area contributed by atoms with Gasteiger partial charge in [-0.05, 0) is 37.9 Å². The first-order valence-corrected chi connectivity index (χ1v) is 6.37. The molecule has 3 heteroatoms. The summed E-state index contributed by atoms with van der Waals surface area (Å²) >= 11 is 0. The van der Waals surface area contributed by atoms with Gasteiger partial charge in [-0.1, -0.05) is 18.2 Å². The smallest absolute Gasteiger partial charge is 0.122 e. The fourth-order valence-corrected chi connectivity index (χ4v) is 2.40. The van der Waals surface area contributed by atoms with E-state index in [9.17, 15) is 5.11 Å². The van der Waals surface area contributed by atoms with Gasteiger partial charge in [-0.25, -0.2) is 0 Å². The van der Waals surface area contributed by atoms with Gasteiger partial charge in [0.25, 0.3) is 0 Å². The molecule has 2 N–H and O–H groups in total. The van der Waals surface area contributed by atoms with Crippen molar-refractivity contribution in [3.05, 3.63) is 29.8 Å². The van der Waals surface area contributed by atoms with Crippen molar-refractivity contribution < 1.29 is 9.84 Å². The monoisotopic (exact) mass is 235 g/mol. The number of hydrogen-bond acceptors (Lipinski definition) is 3. The van der Waals surface area contributed by atoms with Crippen LogP contribution in [0.15, 0.2) is 24.3 Å². The van der Waals surface area contributed by atoms with Crippen molar-refractivity contribution in [1.29, 1.82) is 0 Å². The molecule has 3 nitrogen and oxygen atoms in total. The number of nitrogens with one attached hydrogen (secondary N) is 1. The van der Waals surface area contributed by atoms with E-state index in [-0.39, 0.29) is 0 Å². The lowest BCUT2D eigenvalue weighted by Crippen LogP contribution is -2.47. The number of ether oxygens (including phenoxy) is 1. The Morgan fingerprint density at radius 1 is 1.41 bits per heavy atom. The molecule has 0 amide bonds. The van der Waals surface area contributed by atoms with Crippen LogP contribution in [0.3, 0.4) is 0 Å². The number of rotatable bonds is 4. The van der Waals surface area contributed by atoms with E-state index in [0.29, 0.717) is 19.6 Å². The number of piperidine rings is 1.